The number of thioether (sulfide) groups is 1. The molecule has 0 aromatic heterocycles. The summed E-state index contributed by atoms with van der Waals surface area (Å²) < 4.78 is 13.0. The average Bonchev–Trinajstić information content (AvgIpc) is 2.64. The van der Waals surface area contributed by atoms with Gasteiger partial charge in [-0.15, -0.1) is 0 Å². The highest BCUT2D eigenvalue weighted by molar-refractivity contribution is 7.99. The largest absolute Gasteiger partial charge is 0.370 e. The van der Waals surface area contributed by atoms with Crippen LogP contribution in [0.25, 0.3) is 0 Å². The molecule has 2 aliphatic rings. The van der Waals surface area contributed by atoms with E-state index in [4.69, 9.17) is 5.73 Å². The first-order valence-electron chi connectivity index (χ1n) is 8.58. The zero-order chi connectivity index (χ0) is 16.8. The van der Waals surface area contributed by atoms with Crippen LogP contribution in [0.15, 0.2) is 29.3 Å². The lowest BCUT2D eigenvalue weighted by Gasteiger charge is -2.36. The van der Waals surface area contributed by atoms with E-state index in [9.17, 15) is 4.39 Å². The van der Waals surface area contributed by atoms with Crippen molar-refractivity contribution in [3.8, 4) is 0 Å². The van der Waals surface area contributed by atoms with Crippen LogP contribution >= 0.6 is 11.8 Å². The Kier molecular flexibility index (Phi) is 6.20. The normalized spacial score (nSPS) is 20.5. The summed E-state index contributed by atoms with van der Waals surface area (Å²) in [6.45, 7) is 7.67. The van der Waals surface area contributed by atoms with E-state index >= 15 is 0 Å². The first-order chi connectivity index (χ1) is 11.7. The number of nitrogens with zero attached hydrogens (tertiary/aromatic N) is 4. The first kappa shape index (κ1) is 17.4. The summed E-state index contributed by atoms with van der Waals surface area (Å²) in [5.74, 6) is 2.80. The van der Waals surface area contributed by atoms with Gasteiger partial charge in [-0.25, -0.2) is 4.39 Å². The van der Waals surface area contributed by atoms with Gasteiger partial charge in [-0.1, -0.05) is 0 Å². The van der Waals surface area contributed by atoms with Crippen molar-refractivity contribution in [3.05, 3.63) is 30.1 Å². The van der Waals surface area contributed by atoms with Crippen molar-refractivity contribution in [1.82, 2.24) is 9.80 Å². The summed E-state index contributed by atoms with van der Waals surface area (Å²) in [5.41, 5.74) is 7.18. The molecule has 1 aromatic rings. The van der Waals surface area contributed by atoms with Crippen molar-refractivity contribution in [2.24, 2.45) is 10.7 Å². The second-order valence-electron chi connectivity index (χ2n) is 6.14. The van der Waals surface area contributed by atoms with Crippen LogP contribution in [0.5, 0.6) is 0 Å². The van der Waals surface area contributed by atoms with Crippen molar-refractivity contribution >= 4 is 23.4 Å². The van der Waals surface area contributed by atoms with Crippen molar-refractivity contribution in [3.63, 3.8) is 0 Å². The van der Waals surface area contributed by atoms with Gasteiger partial charge in [0.2, 0.25) is 0 Å². The molecule has 24 heavy (non-hydrogen) atoms. The summed E-state index contributed by atoms with van der Waals surface area (Å²) in [6.07, 6.45) is 0. The third-order valence-corrected chi connectivity index (χ3v) is 5.53. The topological polar surface area (TPSA) is 48.1 Å². The molecule has 0 amide bonds. The van der Waals surface area contributed by atoms with Crippen LogP contribution < -0.4 is 10.6 Å². The predicted molar refractivity (Wildman–Crippen MR) is 100 cm³/mol. The highest BCUT2D eigenvalue weighted by Gasteiger charge is 2.17. The van der Waals surface area contributed by atoms with Crippen molar-refractivity contribution in [2.45, 2.75) is 0 Å². The summed E-state index contributed by atoms with van der Waals surface area (Å²) in [6, 6.07) is 6.76. The van der Waals surface area contributed by atoms with E-state index in [1.54, 1.807) is 0 Å². The minimum absolute atomic E-state index is 0.180. The Balaban J connectivity index is 1.40. The van der Waals surface area contributed by atoms with Crippen LogP contribution in [0.2, 0.25) is 0 Å². The molecule has 1 aromatic carbocycles. The predicted octanol–water partition coefficient (Wildman–Crippen LogP) is 1.31. The van der Waals surface area contributed by atoms with Crippen molar-refractivity contribution in [2.75, 3.05) is 68.8 Å². The molecule has 2 saturated heterocycles. The van der Waals surface area contributed by atoms with Gasteiger partial charge in [-0.3, -0.25) is 9.89 Å². The smallest absolute Gasteiger partial charge is 0.191 e. The molecule has 0 aliphatic carbocycles. The van der Waals surface area contributed by atoms with Gasteiger partial charge >= 0.3 is 0 Å². The molecule has 2 heterocycles. The average molecular weight is 351 g/mol. The zero-order valence-electron chi connectivity index (χ0n) is 14.0. The standard InChI is InChI=1S/C17H26FN5S/c18-15-1-3-16(4-2-15)22-9-7-21(8-10-22)6-5-20-17(19)23-11-13-24-14-12-23/h1-4H,5-14H2,(H2,19,20). The van der Waals surface area contributed by atoms with E-state index in [0.717, 1.165) is 69.6 Å². The first-order valence-corrected chi connectivity index (χ1v) is 9.73. The van der Waals surface area contributed by atoms with Gasteiger partial charge in [0.1, 0.15) is 5.82 Å². The molecule has 3 rings (SSSR count). The lowest BCUT2D eigenvalue weighted by atomic mass is 10.2. The summed E-state index contributed by atoms with van der Waals surface area (Å²) in [5, 5.41) is 0. The molecule has 132 valence electrons. The molecule has 2 fully saturated rings. The minimum atomic E-state index is -0.180. The number of hydrogen-bond acceptors (Lipinski definition) is 4. The van der Waals surface area contributed by atoms with E-state index in [-0.39, 0.29) is 5.82 Å². The Morgan fingerprint density at radius 2 is 1.71 bits per heavy atom. The molecule has 0 bridgehead atoms. The summed E-state index contributed by atoms with van der Waals surface area (Å²) >= 11 is 1.98. The number of benzene rings is 1. The third-order valence-electron chi connectivity index (χ3n) is 4.59. The van der Waals surface area contributed by atoms with Crippen LogP contribution in [0.3, 0.4) is 0 Å². The number of nitrogens with two attached hydrogens (primary N) is 1. The maximum absolute atomic E-state index is 13.0. The van der Waals surface area contributed by atoms with Crippen LogP contribution in [0.4, 0.5) is 10.1 Å². The number of aliphatic imine (C=N–C) groups is 1. The fourth-order valence-electron chi connectivity index (χ4n) is 3.08. The number of anilines is 1. The Labute approximate surface area is 147 Å². The molecule has 0 spiro atoms. The molecule has 7 heteroatoms. The van der Waals surface area contributed by atoms with Gasteiger partial charge in [0, 0.05) is 63.0 Å². The van der Waals surface area contributed by atoms with Gasteiger partial charge in [0.05, 0.1) is 6.54 Å². The second kappa shape index (κ2) is 8.58. The van der Waals surface area contributed by atoms with Gasteiger partial charge in [-0.2, -0.15) is 11.8 Å². The Morgan fingerprint density at radius 1 is 1.04 bits per heavy atom. The Bertz CT molecular complexity index is 536. The number of rotatable bonds is 4. The SMILES string of the molecule is NC(=NCCN1CCN(c2ccc(F)cc2)CC1)N1CCSCC1. The summed E-state index contributed by atoms with van der Waals surface area (Å²) in [4.78, 5) is 11.5. The Morgan fingerprint density at radius 3 is 2.38 bits per heavy atom. The highest BCUT2D eigenvalue weighted by Crippen LogP contribution is 2.16. The summed E-state index contributed by atoms with van der Waals surface area (Å²) in [7, 11) is 0. The molecule has 0 unspecified atom stereocenters. The molecule has 0 radical (unpaired) electrons. The van der Waals surface area contributed by atoms with Gasteiger partial charge < -0.3 is 15.5 Å². The van der Waals surface area contributed by atoms with Gasteiger partial charge in [0.25, 0.3) is 0 Å². The lowest BCUT2D eigenvalue weighted by molar-refractivity contribution is 0.264. The number of piperazine rings is 1. The van der Waals surface area contributed by atoms with Crippen LogP contribution in [0.1, 0.15) is 0 Å². The molecule has 5 nitrogen and oxygen atoms in total. The molecule has 0 atom stereocenters. The zero-order valence-corrected chi connectivity index (χ0v) is 14.8. The molecule has 2 N–H and O–H groups in total. The van der Waals surface area contributed by atoms with E-state index < -0.39 is 0 Å². The van der Waals surface area contributed by atoms with E-state index in [0.29, 0.717) is 5.96 Å². The number of hydrogen-bond donors (Lipinski definition) is 1. The van der Waals surface area contributed by atoms with Crippen LogP contribution in [0, 0.1) is 5.82 Å². The van der Waals surface area contributed by atoms with Crippen LogP contribution in [-0.4, -0.2) is 79.6 Å². The fraction of sp³-hybridized carbons (Fsp3) is 0.588. The van der Waals surface area contributed by atoms with Crippen molar-refractivity contribution < 1.29 is 4.39 Å². The maximum Gasteiger partial charge on any atom is 0.191 e. The fourth-order valence-corrected chi connectivity index (χ4v) is 3.98. The second-order valence-corrected chi connectivity index (χ2v) is 7.37. The minimum Gasteiger partial charge on any atom is -0.370 e. The highest BCUT2D eigenvalue weighted by atomic mass is 32.2. The molecular weight excluding hydrogens is 325 g/mol. The van der Waals surface area contributed by atoms with Gasteiger partial charge in [-0.05, 0) is 24.3 Å². The van der Waals surface area contributed by atoms with Gasteiger partial charge in [0.15, 0.2) is 5.96 Å². The lowest BCUT2D eigenvalue weighted by Crippen LogP contribution is -2.47. The molecule has 0 saturated carbocycles. The Hall–Kier alpha value is -1.47. The molecule has 2 aliphatic heterocycles. The van der Waals surface area contributed by atoms with E-state index in [1.807, 2.05) is 23.9 Å². The van der Waals surface area contributed by atoms with Crippen molar-refractivity contribution in [1.29, 1.82) is 0 Å². The quantitative estimate of drug-likeness (QED) is 0.655. The number of guanidine groups is 1. The monoisotopic (exact) mass is 351 g/mol. The van der Waals surface area contributed by atoms with E-state index in [2.05, 4.69) is 19.7 Å². The van der Waals surface area contributed by atoms with Crippen LogP contribution in [-0.2, 0) is 0 Å². The third kappa shape index (κ3) is 4.77. The number of halogens is 1. The van der Waals surface area contributed by atoms with E-state index in [1.165, 1.54) is 12.1 Å². The molecular formula is C17H26FN5S. The maximum atomic E-state index is 13.0.